The highest BCUT2D eigenvalue weighted by atomic mass is 28.3. The Bertz CT molecular complexity index is 767. The third-order valence-corrected chi connectivity index (χ3v) is 7.34. The Morgan fingerprint density at radius 1 is 1.22 bits per heavy atom. The van der Waals surface area contributed by atoms with Gasteiger partial charge in [-0.3, -0.25) is 4.90 Å². The molecule has 1 saturated heterocycles. The molecule has 1 aliphatic rings. The van der Waals surface area contributed by atoms with Crippen LogP contribution in [0.2, 0.25) is 25.7 Å². The number of benzene rings is 1. The van der Waals surface area contributed by atoms with Crippen LogP contribution in [0.3, 0.4) is 0 Å². The second kappa shape index (κ2) is 8.33. The van der Waals surface area contributed by atoms with Gasteiger partial charge in [0.1, 0.15) is 6.73 Å². The molecule has 1 fully saturated rings. The maximum atomic E-state index is 5.96. The van der Waals surface area contributed by atoms with E-state index in [2.05, 4.69) is 71.9 Å². The van der Waals surface area contributed by atoms with Crippen LogP contribution < -0.4 is 4.90 Å². The number of aryl methyl sites for hydroxylation is 1. The molecule has 1 aliphatic heterocycles. The Hall–Kier alpha value is -1.37. The number of ether oxygens (including phenoxy) is 1. The van der Waals surface area contributed by atoms with Gasteiger partial charge in [-0.05, 0) is 44.1 Å². The number of rotatable bonds is 7. The summed E-state index contributed by atoms with van der Waals surface area (Å²) in [7, 11) is -1.05. The maximum absolute atomic E-state index is 5.96. The Balaban J connectivity index is 1.76. The lowest BCUT2D eigenvalue weighted by Crippen LogP contribution is -2.52. The number of aromatic nitrogens is 2. The summed E-state index contributed by atoms with van der Waals surface area (Å²) in [6.07, 6.45) is 1.92. The van der Waals surface area contributed by atoms with Crippen molar-refractivity contribution in [3.05, 3.63) is 24.0 Å². The number of nitrogens with zero attached hydrogens (tertiary/aromatic N) is 4. The molecule has 2 aromatic rings. The summed E-state index contributed by atoms with van der Waals surface area (Å²) in [6, 6.07) is 6.27. The number of hydrogen-bond acceptors (Lipinski definition) is 4. The van der Waals surface area contributed by atoms with Crippen LogP contribution in [0.5, 0.6) is 0 Å². The third-order valence-electron chi connectivity index (χ3n) is 5.63. The Labute approximate surface area is 165 Å². The number of fused-ring (bicyclic) bond motifs is 1. The van der Waals surface area contributed by atoms with Crippen molar-refractivity contribution in [3.63, 3.8) is 0 Å². The molecule has 150 valence electrons. The van der Waals surface area contributed by atoms with E-state index in [1.165, 1.54) is 22.8 Å². The van der Waals surface area contributed by atoms with E-state index in [1.54, 1.807) is 0 Å². The molecule has 0 saturated carbocycles. The molecule has 0 N–H and O–H groups in total. The number of likely N-dealkylation sites (N-methyl/N-ethyl adjacent to an activating group) is 1. The van der Waals surface area contributed by atoms with Crippen LogP contribution in [0.4, 0.5) is 5.69 Å². The van der Waals surface area contributed by atoms with Gasteiger partial charge in [0.05, 0.1) is 17.4 Å². The molecule has 6 heteroatoms. The molecule has 1 atom stereocenters. The van der Waals surface area contributed by atoms with Crippen LogP contribution in [-0.2, 0) is 11.5 Å². The van der Waals surface area contributed by atoms with Crippen LogP contribution >= 0.6 is 0 Å². The quantitative estimate of drug-likeness (QED) is 0.526. The van der Waals surface area contributed by atoms with E-state index in [0.29, 0.717) is 12.8 Å². The predicted octanol–water partition coefficient (Wildman–Crippen LogP) is 4.19. The monoisotopic (exact) mass is 388 g/mol. The van der Waals surface area contributed by atoms with Crippen molar-refractivity contribution < 1.29 is 4.74 Å². The van der Waals surface area contributed by atoms with E-state index < -0.39 is 8.07 Å². The van der Waals surface area contributed by atoms with Crippen molar-refractivity contribution >= 4 is 24.8 Å². The topological polar surface area (TPSA) is 33.5 Å². The summed E-state index contributed by atoms with van der Waals surface area (Å²) in [5.41, 5.74) is 4.89. The first-order valence-electron chi connectivity index (χ1n) is 10.3. The molecule has 0 aliphatic carbocycles. The fraction of sp³-hybridized carbons (Fsp3) is 0.667. The van der Waals surface area contributed by atoms with Crippen LogP contribution in [0, 0.1) is 6.92 Å². The SMILES string of the molecule is CCN1CCN(c2cc3c(cc2C)ncn3COCC[Si](C)(C)C)C(C)C1. The zero-order valence-corrected chi connectivity index (χ0v) is 19.0. The fourth-order valence-electron chi connectivity index (χ4n) is 3.83. The largest absolute Gasteiger partial charge is 0.366 e. The molecule has 0 amide bonds. The van der Waals surface area contributed by atoms with Crippen molar-refractivity contribution in [3.8, 4) is 0 Å². The van der Waals surface area contributed by atoms with Gasteiger partial charge in [-0.2, -0.15) is 0 Å². The van der Waals surface area contributed by atoms with Gasteiger partial charge in [0.15, 0.2) is 0 Å². The molecule has 27 heavy (non-hydrogen) atoms. The van der Waals surface area contributed by atoms with Gasteiger partial charge in [-0.15, -0.1) is 0 Å². The first-order valence-corrected chi connectivity index (χ1v) is 14.0. The highest BCUT2D eigenvalue weighted by Gasteiger charge is 2.24. The predicted molar refractivity (Wildman–Crippen MR) is 117 cm³/mol. The lowest BCUT2D eigenvalue weighted by atomic mass is 10.1. The average molecular weight is 389 g/mol. The molecular weight excluding hydrogens is 352 g/mol. The van der Waals surface area contributed by atoms with Gasteiger partial charge in [0, 0.05) is 46.0 Å². The molecule has 1 aromatic carbocycles. The van der Waals surface area contributed by atoms with E-state index in [-0.39, 0.29) is 0 Å². The first-order chi connectivity index (χ1) is 12.8. The minimum atomic E-state index is -1.05. The van der Waals surface area contributed by atoms with Crippen molar-refractivity contribution in [1.82, 2.24) is 14.5 Å². The smallest absolute Gasteiger partial charge is 0.124 e. The van der Waals surface area contributed by atoms with Crippen LogP contribution in [0.1, 0.15) is 19.4 Å². The van der Waals surface area contributed by atoms with E-state index in [4.69, 9.17) is 4.74 Å². The highest BCUT2D eigenvalue weighted by molar-refractivity contribution is 6.76. The summed E-state index contributed by atoms with van der Waals surface area (Å²) in [5.74, 6) is 0. The summed E-state index contributed by atoms with van der Waals surface area (Å²) in [4.78, 5) is 9.70. The maximum Gasteiger partial charge on any atom is 0.124 e. The standard InChI is InChI=1S/C21H36N4OSi/c1-7-23-8-9-25(18(3)14-23)20-13-21-19(12-17(20)2)22-15-24(21)16-26-10-11-27(4,5)6/h12-13,15,18H,7-11,14,16H2,1-6H3. The molecule has 3 rings (SSSR count). The first kappa shape index (κ1) is 20.4. The Kier molecular flexibility index (Phi) is 6.28. The number of imidazole rings is 1. The molecule has 2 heterocycles. The number of anilines is 1. The van der Waals surface area contributed by atoms with Gasteiger partial charge >= 0.3 is 0 Å². The average Bonchev–Trinajstić information content (AvgIpc) is 2.99. The Morgan fingerprint density at radius 3 is 2.67 bits per heavy atom. The van der Waals surface area contributed by atoms with Crippen molar-refractivity contribution in [1.29, 1.82) is 0 Å². The molecule has 1 aromatic heterocycles. The van der Waals surface area contributed by atoms with Gasteiger partial charge in [0.2, 0.25) is 0 Å². The second-order valence-corrected chi connectivity index (χ2v) is 14.7. The van der Waals surface area contributed by atoms with Crippen LogP contribution in [0.15, 0.2) is 18.5 Å². The van der Waals surface area contributed by atoms with Crippen LogP contribution in [-0.4, -0.2) is 61.4 Å². The Morgan fingerprint density at radius 2 is 2.00 bits per heavy atom. The third kappa shape index (κ3) is 4.92. The molecule has 0 radical (unpaired) electrons. The van der Waals surface area contributed by atoms with E-state index >= 15 is 0 Å². The zero-order chi connectivity index (χ0) is 19.6. The van der Waals surface area contributed by atoms with E-state index in [9.17, 15) is 0 Å². The summed E-state index contributed by atoms with van der Waals surface area (Å²) in [5, 5.41) is 0. The minimum Gasteiger partial charge on any atom is -0.366 e. The molecule has 1 unspecified atom stereocenters. The summed E-state index contributed by atoms with van der Waals surface area (Å²) in [6.45, 7) is 19.9. The molecular formula is C21H36N4OSi. The van der Waals surface area contributed by atoms with E-state index in [0.717, 1.165) is 38.3 Å². The van der Waals surface area contributed by atoms with Gasteiger partial charge in [0.25, 0.3) is 0 Å². The molecule has 0 bridgehead atoms. The summed E-state index contributed by atoms with van der Waals surface area (Å²) < 4.78 is 8.11. The van der Waals surface area contributed by atoms with Gasteiger partial charge in [-0.1, -0.05) is 26.6 Å². The molecule has 0 spiro atoms. The highest BCUT2D eigenvalue weighted by Crippen LogP contribution is 2.29. The van der Waals surface area contributed by atoms with Gasteiger partial charge in [-0.25, -0.2) is 4.98 Å². The lowest BCUT2D eigenvalue weighted by Gasteiger charge is -2.41. The number of piperazine rings is 1. The van der Waals surface area contributed by atoms with Crippen LogP contribution in [0.25, 0.3) is 11.0 Å². The van der Waals surface area contributed by atoms with Crippen molar-refractivity contribution in [2.24, 2.45) is 0 Å². The summed E-state index contributed by atoms with van der Waals surface area (Å²) >= 11 is 0. The lowest BCUT2D eigenvalue weighted by molar-refractivity contribution is 0.0898. The minimum absolute atomic E-state index is 0.527. The normalized spacial score (nSPS) is 19.2. The fourth-order valence-corrected chi connectivity index (χ4v) is 4.59. The molecule has 5 nitrogen and oxygen atoms in total. The van der Waals surface area contributed by atoms with Crippen molar-refractivity contribution in [2.45, 2.75) is 59.2 Å². The number of hydrogen-bond donors (Lipinski definition) is 0. The van der Waals surface area contributed by atoms with Crippen molar-refractivity contribution in [2.75, 3.05) is 37.7 Å². The van der Waals surface area contributed by atoms with E-state index in [1.807, 2.05) is 6.33 Å². The zero-order valence-electron chi connectivity index (χ0n) is 18.0. The van der Waals surface area contributed by atoms with Gasteiger partial charge < -0.3 is 14.2 Å². The second-order valence-electron chi connectivity index (χ2n) is 9.13.